The second-order valence-corrected chi connectivity index (χ2v) is 5.45. The molecule has 0 aliphatic heterocycles. The van der Waals surface area contributed by atoms with Gasteiger partial charge < -0.3 is 9.47 Å². The molecular formula is C18H22N4O5. The van der Waals surface area contributed by atoms with Crippen molar-refractivity contribution < 1.29 is 19.1 Å². The Kier molecular flexibility index (Phi) is 7.36. The molecule has 9 heteroatoms. The summed E-state index contributed by atoms with van der Waals surface area (Å²) in [4.78, 5) is 35.6. The molecule has 2 amide bonds. The number of hydrogen-bond donors (Lipinski definition) is 2. The normalized spacial score (nSPS) is 10.1. The average Bonchev–Trinajstić information content (AvgIpc) is 2.67. The van der Waals surface area contributed by atoms with Gasteiger partial charge in [-0.15, -0.1) is 0 Å². The van der Waals surface area contributed by atoms with Crippen molar-refractivity contribution in [2.45, 2.75) is 26.8 Å². The van der Waals surface area contributed by atoms with E-state index in [1.807, 2.05) is 13.8 Å². The Labute approximate surface area is 156 Å². The summed E-state index contributed by atoms with van der Waals surface area (Å²) >= 11 is 0. The molecular weight excluding hydrogens is 352 g/mol. The number of hydrazine groups is 1. The van der Waals surface area contributed by atoms with Gasteiger partial charge in [0.05, 0.1) is 6.61 Å². The van der Waals surface area contributed by atoms with Gasteiger partial charge in [-0.3, -0.25) is 25.2 Å². The number of amides is 2. The molecule has 0 fully saturated rings. The van der Waals surface area contributed by atoms with Gasteiger partial charge in [-0.2, -0.15) is 5.10 Å². The van der Waals surface area contributed by atoms with Crippen molar-refractivity contribution in [1.82, 2.24) is 20.6 Å². The van der Waals surface area contributed by atoms with E-state index in [4.69, 9.17) is 9.47 Å². The Hall–Kier alpha value is -3.36. The van der Waals surface area contributed by atoms with E-state index in [0.717, 1.165) is 0 Å². The van der Waals surface area contributed by atoms with E-state index >= 15 is 0 Å². The van der Waals surface area contributed by atoms with Crippen LogP contribution in [0.1, 0.15) is 30.8 Å². The Balaban J connectivity index is 1.88. The van der Waals surface area contributed by atoms with E-state index < -0.39 is 11.8 Å². The van der Waals surface area contributed by atoms with Gasteiger partial charge in [-0.25, -0.2) is 4.68 Å². The van der Waals surface area contributed by atoms with Gasteiger partial charge in [-0.1, -0.05) is 19.1 Å². The van der Waals surface area contributed by atoms with Crippen LogP contribution in [0.5, 0.6) is 11.5 Å². The molecule has 0 radical (unpaired) electrons. The van der Waals surface area contributed by atoms with Crippen molar-refractivity contribution in [3.05, 3.63) is 52.4 Å². The minimum atomic E-state index is -0.636. The number of aryl methyl sites for hydroxylation is 1. The summed E-state index contributed by atoms with van der Waals surface area (Å²) in [7, 11) is 0. The third kappa shape index (κ3) is 5.84. The van der Waals surface area contributed by atoms with Gasteiger partial charge in [0.15, 0.2) is 23.8 Å². The van der Waals surface area contributed by atoms with Crippen LogP contribution in [0, 0.1) is 0 Å². The lowest BCUT2D eigenvalue weighted by atomic mass is 10.3. The Morgan fingerprint density at radius 3 is 2.41 bits per heavy atom. The summed E-state index contributed by atoms with van der Waals surface area (Å²) in [6, 6.07) is 9.52. The van der Waals surface area contributed by atoms with Crippen molar-refractivity contribution in [2.24, 2.45) is 0 Å². The van der Waals surface area contributed by atoms with E-state index in [9.17, 15) is 14.4 Å². The molecule has 27 heavy (non-hydrogen) atoms. The molecule has 2 N–H and O–H groups in total. The van der Waals surface area contributed by atoms with Crippen molar-refractivity contribution in [3.63, 3.8) is 0 Å². The fourth-order valence-electron chi connectivity index (χ4n) is 2.16. The highest BCUT2D eigenvalue weighted by Crippen LogP contribution is 2.26. The summed E-state index contributed by atoms with van der Waals surface area (Å²) < 4.78 is 12.0. The minimum Gasteiger partial charge on any atom is -0.490 e. The van der Waals surface area contributed by atoms with Crippen LogP contribution in [0.2, 0.25) is 0 Å². The van der Waals surface area contributed by atoms with Gasteiger partial charge >= 0.3 is 0 Å². The quantitative estimate of drug-likeness (QED) is 0.664. The van der Waals surface area contributed by atoms with Crippen LogP contribution in [0.25, 0.3) is 0 Å². The maximum Gasteiger partial charge on any atom is 0.290 e. The van der Waals surface area contributed by atoms with Crippen LogP contribution in [0.15, 0.2) is 41.2 Å². The summed E-state index contributed by atoms with van der Waals surface area (Å²) in [5.74, 6) is -0.243. The van der Waals surface area contributed by atoms with Crippen LogP contribution >= 0.6 is 0 Å². The second-order valence-electron chi connectivity index (χ2n) is 5.45. The predicted molar refractivity (Wildman–Crippen MR) is 97.5 cm³/mol. The summed E-state index contributed by atoms with van der Waals surface area (Å²) in [5, 5.41) is 3.96. The number of aromatic nitrogens is 2. The summed E-state index contributed by atoms with van der Waals surface area (Å²) in [6.45, 7) is 4.30. The highest BCUT2D eigenvalue weighted by atomic mass is 16.5. The number of para-hydroxylation sites is 2. The van der Waals surface area contributed by atoms with E-state index in [0.29, 0.717) is 31.1 Å². The van der Waals surface area contributed by atoms with Gasteiger partial charge in [0, 0.05) is 12.6 Å². The smallest absolute Gasteiger partial charge is 0.290 e. The average molecular weight is 374 g/mol. The van der Waals surface area contributed by atoms with Crippen LogP contribution in [0.3, 0.4) is 0 Å². The molecule has 0 saturated heterocycles. The Bertz CT molecular complexity index is 850. The van der Waals surface area contributed by atoms with Gasteiger partial charge in [0.1, 0.15) is 0 Å². The van der Waals surface area contributed by atoms with Crippen molar-refractivity contribution >= 4 is 11.8 Å². The Morgan fingerprint density at radius 2 is 1.74 bits per heavy atom. The third-order valence-electron chi connectivity index (χ3n) is 3.36. The van der Waals surface area contributed by atoms with Crippen molar-refractivity contribution in [3.8, 4) is 11.5 Å². The zero-order valence-electron chi connectivity index (χ0n) is 15.2. The standard InChI is InChI=1S/C18H22N4O5/c1-3-11-22-17(24)10-9-13(21-22)18(25)20-19-16(23)12-27-15-8-6-5-7-14(15)26-4-2/h5-10H,3-4,11-12H2,1-2H3,(H,19,23)(H,20,25). The molecule has 1 aromatic heterocycles. The van der Waals surface area contributed by atoms with E-state index in [1.54, 1.807) is 24.3 Å². The lowest BCUT2D eigenvalue weighted by Crippen LogP contribution is -2.44. The fourth-order valence-corrected chi connectivity index (χ4v) is 2.16. The SMILES string of the molecule is CCCn1nc(C(=O)NNC(=O)COc2ccccc2OCC)ccc1=O. The van der Waals surface area contributed by atoms with E-state index in [-0.39, 0.29) is 17.9 Å². The number of nitrogens with one attached hydrogen (secondary N) is 2. The monoisotopic (exact) mass is 374 g/mol. The van der Waals surface area contributed by atoms with Crippen LogP contribution in [-0.4, -0.2) is 34.8 Å². The molecule has 144 valence electrons. The molecule has 2 aromatic rings. The lowest BCUT2D eigenvalue weighted by molar-refractivity contribution is -0.123. The van der Waals surface area contributed by atoms with Gasteiger partial charge in [0.2, 0.25) is 0 Å². The highest BCUT2D eigenvalue weighted by molar-refractivity contribution is 5.93. The molecule has 2 rings (SSSR count). The number of hydrogen-bond acceptors (Lipinski definition) is 6. The molecule has 0 spiro atoms. The van der Waals surface area contributed by atoms with Crippen LogP contribution in [0.4, 0.5) is 0 Å². The topological polar surface area (TPSA) is 112 Å². The van der Waals surface area contributed by atoms with Gasteiger partial charge in [0.25, 0.3) is 17.4 Å². The number of carbonyl (C=O) groups is 2. The lowest BCUT2D eigenvalue weighted by Gasteiger charge is -2.12. The molecule has 0 saturated carbocycles. The highest BCUT2D eigenvalue weighted by Gasteiger charge is 2.12. The Morgan fingerprint density at radius 1 is 1.04 bits per heavy atom. The molecule has 9 nitrogen and oxygen atoms in total. The summed E-state index contributed by atoms with van der Waals surface area (Å²) in [6.07, 6.45) is 0.704. The minimum absolute atomic E-state index is 0.0194. The largest absolute Gasteiger partial charge is 0.490 e. The molecule has 0 atom stereocenters. The van der Waals surface area contributed by atoms with E-state index in [1.165, 1.54) is 16.8 Å². The first-order valence-electron chi connectivity index (χ1n) is 8.57. The molecule has 1 aromatic carbocycles. The molecule has 0 bridgehead atoms. The number of rotatable bonds is 8. The van der Waals surface area contributed by atoms with E-state index in [2.05, 4.69) is 16.0 Å². The molecule has 0 aliphatic carbocycles. The van der Waals surface area contributed by atoms with Crippen molar-refractivity contribution in [2.75, 3.05) is 13.2 Å². The number of ether oxygens (including phenoxy) is 2. The fraction of sp³-hybridized carbons (Fsp3) is 0.333. The predicted octanol–water partition coefficient (Wildman–Crippen LogP) is 0.892. The second kappa shape index (κ2) is 9.95. The first kappa shape index (κ1) is 20.0. The number of benzene rings is 1. The molecule has 0 unspecified atom stereocenters. The van der Waals surface area contributed by atoms with Gasteiger partial charge in [-0.05, 0) is 31.5 Å². The zero-order valence-corrected chi connectivity index (χ0v) is 15.2. The summed E-state index contributed by atoms with van der Waals surface area (Å²) in [5.41, 5.74) is 4.20. The zero-order chi connectivity index (χ0) is 19.6. The first-order valence-corrected chi connectivity index (χ1v) is 8.57. The first-order chi connectivity index (χ1) is 13.0. The number of carbonyl (C=O) groups excluding carboxylic acids is 2. The van der Waals surface area contributed by atoms with Crippen LogP contribution in [-0.2, 0) is 11.3 Å². The number of nitrogens with zero attached hydrogens (tertiary/aromatic N) is 2. The van der Waals surface area contributed by atoms with Crippen molar-refractivity contribution in [1.29, 1.82) is 0 Å². The molecule has 0 aliphatic rings. The molecule has 1 heterocycles. The maximum absolute atomic E-state index is 12.1. The third-order valence-corrected chi connectivity index (χ3v) is 3.36. The maximum atomic E-state index is 12.1. The van der Waals surface area contributed by atoms with Crippen LogP contribution < -0.4 is 25.9 Å².